The standard InChI is InChI=1S/C36H40ClN3O5S/c1-5-20-38-36(42)34(22-28-10-7-6-8-11-28)39(24-29-12-9-13-31(21-29)45-4)35(41)25-40(33-23-30(37)17-16-27(33)3)46(43,44)32-18-14-26(2)15-19-32/h6-19,21,23,34H,5,20,22,24-25H2,1-4H3,(H,38,42)/t34-/m0/s1. The second kappa shape index (κ2) is 15.8. The molecule has 4 rings (SSSR count). The fourth-order valence-corrected chi connectivity index (χ4v) is 6.73. The summed E-state index contributed by atoms with van der Waals surface area (Å²) >= 11 is 6.36. The van der Waals surface area contributed by atoms with E-state index in [1.54, 1.807) is 50.4 Å². The van der Waals surface area contributed by atoms with Gasteiger partial charge in [-0.15, -0.1) is 0 Å². The van der Waals surface area contributed by atoms with Gasteiger partial charge in [-0.1, -0.05) is 84.8 Å². The zero-order chi connectivity index (χ0) is 33.3. The molecule has 1 N–H and O–H groups in total. The molecule has 0 aliphatic rings. The number of aryl methyl sites for hydroxylation is 2. The minimum atomic E-state index is -4.23. The molecule has 242 valence electrons. The first-order chi connectivity index (χ1) is 22.0. The lowest BCUT2D eigenvalue weighted by Gasteiger charge is -2.34. The topological polar surface area (TPSA) is 96.0 Å². The Hall–Kier alpha value is -4.34. The van der Waals surface area contributed by atoms with Crippen molar-refractivity contribution in [1.29, 1.82) is 0 Å². The second-order valence-electron chi connectivity index (χ2n) is 11.1. The van der Waals surface area contributed by atoms with Gasteiger partial charge in [0, 0.05) is 24.5 Å². The Morgan fingerprint density at radius 1 is 0.891 bits per heavy atom. The van der Waals surface area contributed by atoms with Crippen LogP contribution in [-0.2, 0) is 32.6 Å². The highest BCUT2D eigenvalue weighted by Gasteiger charge is 2.35. The van der Waals surface area contributed by atoms with Gasteiger partial charge < -0.3 is 15.0 Å². The van der Waals surface area contributed by atoms with Gasteiger partial charge in [0.15, 0.2) is 0 Å². The summed E-state index contributed by atoms with van der Waals surface area (Å²) in [6, 6.07) is 27.1. The SMILES string of the molecule is CCCNC(=O)[C@H](Cc1ccccc1)N(Cc1cccc(OC)c1)C(=O)CN(c1cc(Cl)ccc1C)S(=O)(=O)c1ccc(C)cc1. The number of hydrogen-bond acceptors (Lipinski definition) is 5. The summed E-state index contributed by atoms with van der Waals surface area (Å²) in [5, 5.41) is 3.28. The van der Waals surface area contributed by atoms with Crippen LogP contribution in [0.25, 0.3) is 0 Å². The molecule has 0 spiro atoms. The van der Waals surface area contributed by atoms with Gasteiger partial charge in [0.05, 0.1) is 17.7 Å². The Morgan fingerprint density at radius 3 is 2.26 bits per heavy atom. The normalized spacial score (nSPS) is 11.8. The molecule has 0 bridgehead atoms. The summed E-state index contributed by atoms with van der Waals surface area (Å²) in [6.45, 7) is 5.49. The molecule has 1 atom stereocenters. The van der Waals surface area contributed by atoms with Gasteiger partial charge in [-0.3, -0.25) is 13.9 Å². The molecule has 46 heavy (non-hydrogen) atoms. The lowest BCUT2D eigenvalue weighted by molar-refractivity contribution is -0.140. The zero-order valence-corrected chi connectivity index (χ0v) is 28.1. The van der Waals surface area contributed by atoms with E-state index in [1.807, 2.05) is 56.3 Å². The highest BCUT2D eigenvalue weighted by molar-refractivity contribution is 7.92. The van der Waals surface area contributed by atoms with E-state index in [9.17, 15) is 18.0 Å². The van der Waals surface area contributed by atoms with Gasteiger partial charge >= 0.3 is 0 Å². The summed E-state index contributed by atoms with van der Waals surface area (Å²) in [7, 11) is -2.68. The van der Waals surface area contributed by atoms with Crippen LogP contribution in [0, 0.1) is 13.8 Å². The van der Waals surface area contributed by atoms with Crippen molar-refractivity contribution in [2.24, 2.45) is 0 Å². The smallest absolute Gasteiger partial charge is 0.264 e. The third-order valence-corrected chi connectivity index (χ3v) is 9.64. The number of methoxy groups -OCH3 is 1. The molecule has 0 aliphatic carbocycles. The number of nitrogens with zero attached hydrogens (tertiary/aromatic N) is 2. The van der Waals surface area contributed by atoms with Gasteiger partial charge in [-0.25, -0.2) is 8.42 Å². The predicted molar refractivity (Wildman–Crippen MR) is 183 cm³/mol. The molecule has 0 saturated carbocycles. The first kappa shape index (κ1) is 34.5. The third-order valence-electron chi connectivity index (χ3n) is 7.64. The molecular weight excluding hydrogens is 622 g/mol. The zero-order valence-electron chi connectivity index (χ0n) is 26.6. The van der Waals surface area contributed by atoms with Crippen LogP contribution in [0.4, 0.5) is 5.69 Å². The van der Waals surface area contributed by atoms with E-state index in [1.165, 1.54) is 23.1 Å². The van der Waals surface area contributed by atoms with E-state index in [4.69, 9.17) is 16.3 Å². The Labute approximate surface area is 277 Å². The van der Waals surface area contributed by atoms with Gasteiger partial charge in [0.1, 0.15) is 18.3 Å². The van der Waals surface area contributed by atoms with Crippen molar-refractivity contribution in [1.82, 2.24) is 10.2 Å². The maximum Gasteiger partial charge on any atom is 0.264 e. The molecule has 0 unspecified atom stereocenters. The number of sulfonamides is 1. The number of carbonyl (C=O) groups is 2. The molecule has 0 heterocycles. The molecule has 4 aromatic rings. The van der Waals surface area contributed by atoms with Crippen molar-refractivity contribution in [3.05, 3.63) is 124 Å². The molecule has 8 nitrogen and oxygen atoms in total. The average molecular weight is 662 g/mol. The Balaban J connectivity index is 1.83. The third kappa shape index (κ3) is 8.68. The fraction of sp³-hybridized carbons (Fsp3) is 0.278. The van der Waals surface area contributed by atoms with Crippen molar-refractivity contribution in [2.75, 3.05) is 24.5 Å². The molecular formula is C36H40ClN3O5S. The molecule has 10 heteroatoms. The second-order valence-corrected chi connectivity index (χ2v) is 13.4. The first-order valence-corrected chi connectivity index (χ1v) is 16.9. The summed E-state index contributed by atoms with van der Waals surface area (Å²) in [5.41, 5.74) is 3.37. The molecule has 0 fully saturated rings. The number of rotatable bonds is 14. The van der Waals surface area contributed by atoms with Crippen LogP contribution < -0.4 is 14.4 Å². The Bertz CT molecular complexity index is 1750. The van der Waals surface area contributed by atoms with E-state index in [-0.39, 0.29) is 29.5 Å². The number of carbonyl (C=O) groups excluding carboxylic acids is 2. The van der Waals surface area contributed by atoms with Gasteiger partial charge in [-0.2, -0.15) is 0 Å². The minimum absolute atomic E-state index is 0.0335. The quantitative estimate of drug-likeness (QED) is 0.171. The van der Waals surface area contributed by atoms with Crippen molar-refractivity contribution < 1.29 is 22.7 Å². The maximum absolute atomic E-state index is 14.6. The van der Waals surface area contributed by atoms with E-state index in [2.05, 4.69) is 5.32 Å². The lowest BCUT2D eigenvalue weighted by Crippen LogP contribution is -2.53. The monoisotopic (exact) mass is 661 g/mol. The summed E-state index contributed by atoms with van der Waals surface area (Å²) in [5.74, 6) is -0.280. The van der Waals surface area contributed by atoms with Crippen LogP contribution in [0.15, 0.2) is 102 Å². The van der Waals surface area contributed by atoms with Crippen LogP contribution in [0.3, 0.4) is 0 Å². The highest BCUT2D eigenvalue weighted by atomic mass is 35.5. The van der Waals surface area contributed by atoms with Crippen molar-refractivity contribution in [3.63, 3.8) is 0 Å². The molecule has 0 radical (unpaired) electrons. The average Bonchev–Trinajstić information content (AvgIpc) is 3.05. The molecule has 4 aromatic carbocycles. The molecule has 2 amide bonds. The van der Waals surface area contributed by atoms with Crippen LogP contribution in [0.1, 0.15) is 35.6 Å². The van der Waals surface area contributed by atoms with Crippen LogP contribution in [0.5, 0.6) is 5.75 Å². The van der Waals surface area contributed by atoms with E-state index in [0.29, 0.717) is 29.3 Å². The fourth-order valence-electron chi connectivity index (χ4n) is 5.09. The van der Waals surface area contributed by atoms with Crippen molar-refractivity contribution in [3.8, 4) is 5.75 Å². The van der Waals surface area contributed by atoms with Gasteiger partial charge in [-0.05, 0) is 73.4 Å². The maximum atomic E-state index is 14.6. The number of benzene rings is 4. The highest BCUT2D eigenvalue weighted by Crippen LogP contribution is 2.30. The summed E-state index contributed by atoms with van der Waals surface area (Å²) < 4.78 is 35.0. The number of halogens is 1. The van der Waals surface area contributed by atoms with Crippen LogP contribution in [-0.4, -0.2) is 51.4 Å². The van der Waals surface area contributed by atoms with Gasteiger partial charge in [0.2, 0.25) is 11.8 Å². The molecule has 0 aromatic heterocycles. The number of ether oxygens (including phenoxy) is 1. The first-order valence-electron chi connectivity index (χ1n) is 15.1. The number of hydrogen-bond donors (Lipinski definition) is 1. The van der Waals surface area contributed by atoms with E-state index >= 15 is 0 Å². The van der Waals surface area contributed by atoms with Crippen LogP contribution in [0.2, 0.25) is 5.02 Å². The summed E-state index contributed by atoms with van der Waals surface area (Å²) in [4.78, 5) is 29.9. The molecule has 0 saturated heterocycles. The largest absolute Gasteiger partial charge is 0.497 e. The van der Waals surface area contributed by atoms with Gasteiger partial charge in [0.25, 0.3) is 10.0 Å². The van der Waals surface area contributed by atoms with Crippen LogP contribution >= 0.6 is 11.6 Å². The van der Waals surface area contributed by atoms with E-state index < -0.39 is 28.5 Å². The molecule has 0 aliphatic heterocycles. The number of amides is 2. The van der Waals surface area contributed by atoms with Crippen molar-refractivity contribution >= 4 is 39.1 Å². The lowest BCUT2D eigenvalue weighted by atomic mass is 10.0. The summed E-state index contributed by atoms with van der Waals surface area (Å²) in [6.07, 6.45) is 0.942. The Morgan fingerprint density at radius 2 is 1.59 bits per heavy atom. The van der Waals surface area contributed by atoms with E-state index in [0.717, 1.165) is 21.0 Å². The predicted octanol–water partition coefficient (Wildman–Crippen LogP) is 6.33. The number of anilines is 1. The number of nitrogens with one attached hydrogen (secondary N) is 1. The minimum Gasteiger partial charge on any atom is -0.497 e. The van der Waals surface area contributed by atoms with Crippen molar-refractivity contribution in [2.45, 2.75) is 51.1 Å². The Kier molecular flexibility index (Phi) is 11.8.